The lowest BCUT2D eigenvalue weighted by atomic mass is 10.0. The van der Waals surface area contributed by atoms with E-state index in [9.17, 15) is 4.91 Å². The predicted molar refractivity (Wildman–Crippen MR) is 85.7 cm³/mol. The maximum absolute atomic E-state index is 11.2. The van der Waals surface area contributed by atoms with E-state index in [0.29, 0.717) is 24.6 Å². The van der Waals surface area contributed by atoms with Crippen molar-refractivity contribution in [1.82, 2.24) is 26.3 Å². The molecule has 1 fully saturated rings. The van der Waals surface area contributed by atoms with Gasteiger partial charge in [0.25, 0.3) is 0 Å². The van der Waals surface area contributed by atoms with E-state index in [1.807, 2.05) is 4.90 Å². The summed E-state index contributed by atoms with van der Waals surface area (Å²) in [5.74, 6) is 5.65. The van der Waals surface area contributed by atoms with Crippen molar-refractivity contribution in [3.63, 3.8) is 0 Å². The van der Waals surface area contributed by atoms with Gasteiger partial charge in [0, 0.05) is 17.4 Å². The molecule has 0 spiro atoms. The molecule has 0 aromatic rings. The Balaban J connectivity index is 1.82. The Kier molecular flexibility index (Phi) is 5.65. The molecule has 3 heterocycles. The molecular weight excluding hydrogens is 348 g/mol. The fraction of sp³-hybridized carbons (Fsp3) is 0.818. The molecule has 0 aromatic heterocycles. The van der Waals surface area contributed by atoms with E-state index in [0.717, 1.165) is 0 Å². The molecule has 1 saturated heterocycles. The molecule has 5 atom stereocenters. The Morgan fingerprint density at radius 2 is 2.42 bits per heavy atom. The van der Waals surface area contributed by atoms with Crippen LogP contribution in [-0.4, -0.2) is 49.5 Å². The molecule has 0 amide bonds. The molecule has 26 heavy (non-hydrogen) atoms. The van der Waals surface area contributed by atoms with Gasteiger partial charge >= 0.3 is 0 Å². The van der Waals surface area contributed by atoms with Crippen LogP contribution in [-0.2, 0) is 9.57 Å². The number of azide groups is 1. The van der Waals surface area contributed by atoms with Crippen molar-refractivity contribution in [2.75, 3.05) is 19.8 Å². The Morgan fingerprint density at radius 1 is 1.58 bits per heavy atom. The summed E-state index contributed by atoms with van der Waals surface area (Å²) in [6.45, 7) is 0.828. The molecule has 2 unspecified atom stereocenters. The van der Waals surface area contributed by atoms with Crippen molar-refractivity contribution in [3.05, 3.63) is 26.9 Å². The van der Waals surface area contributed by atoms with Gasteiger partial charge in [0.1, 0.15) is 12.0 Å². The predicted octanol–water partition coefficient (Wildman–Crippen LogP) is -0.946. The van der Waals surface area contributed by atoms with Crippen LogP contribution in [0.15, 0.2) is 27.0 Å². The molecule has 0 aliphatic carbocycles. The smallest absolute Gasteiger partial charge is 0.189 e. The average molecular weight is 368 g/mol. The highest BCUT2D eigenvalue weighted by Crippen LogP contribution is 2.34. The first-order chi connectivity index (χ1) is 12.7. The first kappa shape index (κ1) is 18.1. The van der Waals surface area contributed by atoms with Gasteiger partial charge in [0.2, 0.25) is 0 Å². The largest absolute Gasteiger partial charge is 0.365 e. The van der Waals surface area contributed by atoms with E-state index in [-0.39, 0.29) is 25.2 Å². The average Bonchev–Trinajstić information content (AvgIpc) is 3.23. The maximum atomic E-state index is 11.2. The fourth-order valence-electron chi connectivity index (χ4n) is 3.40. The van der Waals surface area contributed by atoms with Gasteiger partial charge in [0.05, 0.1) is 25.1 Å². The Labute approximate surface area is 147 Å². The molecule has 0 bridgehead atoms. The summed E-state index contributed by atoms with van der Waals surface area (Å²) in [5, 5.41) is 18.9. The second-order valence-electron chi connectivity index (χ2n) is 5.95. The molecule has 3 aliphatic heterocycles. The number of rotatable bonds is 8. The molecule has 0 aromatic carbocycles. The van der Waals surface area contributed by atoms with Crippen LogP contribution in [0.5, 0.6) is 0 Å². The highest BCUT2D eigenvalue weighted by atomic mass is 16.6. The lowest BCUT2D eigenvalue weighted by Crippen LogP contribution is -2.60. The summed E-state index contributed by atoms with van der Waals surface area (Å²) in [5.41, 5.74) is 18.6. The van der Waals surface area contributed by atoms with Crippen molar-refractivity contribution in [2.24, 2.45) is 27.3 Å². The quantitative estimate of drug-likeness (QED) is 0.102. The van der Waals surface area contributed by atoms with Crippen LogP contribution in [0.2, 0.25) is 0 Å². The molecule has 15 heteroatoms. The lowest BCUT2D eigenvalue weighted by Gasteiger charge is -2.35. The minimum Gasteiger partial charge on any atom is -0.365 e. The van der Waals surface area contributed by atoms with E-state index < -0.39 is 18.7 Å². The third kappa shape index (κ3) is 3.47. The van der Waals surface area contributed by atoms with Crippen LogP contribution in [0.25, 0.3) is 10.4 Å². The molecule has 0 radical (unpaired) electrons. The molecule has 7 N–H and O–H groups in total. The van der Waals surface area contributed by atoms with E-state index >= 15 is 0 Å². The summed E-state index contributed by atoms with van der Waals surface area (Å²) >= 11 is 0. The van der Waals surface area contributed by atoms with Crippen molar-refractivity contribution >= 4 is 0 Å². The van der Waals surface area contributed by atoms with Crippen molar-refractivity contribution in [1.29, 1.82) is 5.53 Å². The number of ether oxygens (including phenoxy) is 1. The highest BCUT2D eigenvalue weighted by Gasteiger charge is 2.44. The van der Waals surface area contributed by atoms with Gasteiger partial charge < -0.3 is 25.1 Å². The zero-order chi connectivity index (χ0) is 18.5. The van der Waals surface area contributed by atoms with Crippen molar-refractivity contribution in [2.45, 2.75) is 31.2 Å². The first-order valence-corrected chi connectivity index (χ1v) is 7.91. The summed E-state index contributed by atoms with van der Waals surface area (Å²) < 4.78 is 6.02. The van der Waals surface area contributed by atoms with E-state index in [4.69, 9.17) is 21.7 Å². The zero-order valence-corrected chi connectivity index (χ0v) is 13.7. The Hall–Kier alpha value is -2.71. The van der Waals surface area contributed by atoms with Gasteiger partial charge in [-0.2, -0.15) is 5.53 Å². The number of hydrogen-bond acceptors (Lipinski definition) is 12. The molecule has 0 saturated carbocycles. The Bertz CT molecular complexity index is 622. The van der Waals surface area contributed by atoms with E-state index in [1.165, 1.54) is 0 Å². The molecule has 142 valence electrons. The summed E-state index contributed by atoms with van der Waals surface area (Å²) in [4.78, 5) is 20.5. The third-order valence-corrected chi connectivity index (χ3v) is 4.43. The van der Waals surface area contributed by atoms with Gasteiger partial charge in [-0.15, -0.1) is 4.91 Å². The minimum atomic E-state index is -0.837. The number of nitrogens with zero attached hydrogens (tertiary/aromatic N) is 6. The highest BCUT2D eigenvalue weighted by molar-refractivity contribution is 5.24. The third-order valence-electron chi connectivity index (χ3n) is 4.43. The van der Waals surface area contributed by atoms with Crippen molar-refractivity contribution in [3.8, 4) is 0 Å². The van der Waals surface area contributed by atoms with Crippen LogP contribution in [0, 0.1) is 16.4 Å². The van der Waals surface area contributed by atoms with Crippen molar-refractivity contribution < 1.29 is 9.57 Å². The summed E-state index contributed by atoms with van der Waals surface area (Å²) in [7, 11) is 0. The maximum Gasteiger partial charge on any atom is 0.189 e. The Morgan fingerprint density at radius 3 is 3.12 bits per heavy atom. The van der Waals surface area contributed by atoms with Gasteiger partial charge in [-0.05, 0) is 17.1 Å². The standard InChI is InChI=1S/C11H20N12O3/c12-21-16-2-5-1-6(3-25-14)26-10(5)23-4-15-7-8(20-24)17-11(19-22-13)18-9(7)23/h5-6,8,10-11,15,17-18H,1-4,14H2,(H2,13,19)/t5-,6+,8?,10-,11?/m1/s1. The van der Waals surface area contributed by atoms with Gasteiger partial charge in [-0.3, -0.25) is 5.43 Å². The normalized spacial score (nSPS) is 33.0. The number of nitrogens with two attached hydrogens (primary N) is 1. The van der Waals surface area contributed by atoms with Crippen LogP contribution in [0.4, 0.5) is 0 Å². The number of nitrogens with one attached hydrogen (secondary N) is 5. The van der Waals surface area contributed by atoms with Crippen LogP contribution >= 0.6 is 0 Å². The molecule has 3 rings (SSSR count). The second-order valence-corrected chi connectivity index (χ2v) is 5.95. The van der Waals surface area contributed by atoms with Gasteiger partial charge in [0.15, 0.2) is 12.5 Å². The summed E-state index contributed by atoms with van der Waals surface area (Å²) in [6, 6.07) is 0. The second kappa shape index (κ2) is 8.11. The number of nitroso groups, excluding NO2 is 1. The topological polar surface area (TPSA) is 210 Å². The van der Waals surface area contributed by atoms with Gasteiger partial charge in [-0.1, -0.05) is 10.3 Å². The van der Waals surface area contributed by atoms with Crippen LogP contribution in [0.1, 0.15) is 6.42 Å². The van der Waals surface area contributed by atoms with Crippen LogP contribution < -0.4 is 27.3 Å². The fourth-order valence-corrected chi connectivity index (χ4v) is 3.40. The minimum absolute atomic E-state index is 0.0914. The zero-order valence-electron chi connectivity index (χ0n) is 13.7. The molecular formula is C11H20N12O3. The van der Waals surface area contributed by atoms with E-state index in [1.54, 1.807) is 0 Å². The van der Waals surface area contributed by atoms with E-state index in [2.05, 4.69) is 46.6 Å². The van der Waals surface area contributed by atoms with Gasteiger partial charge in [-0.25, -0.2) is 11.2 Å². The lowest BCUT2D eigenvalue weighted by molar-refractivity contribution is -0.0773. The molecule has 15 nitrogen and oxygen atoms in total. The SMILES string of the molecule is [N-]=[N+]=NC[C@H]1C[C@@H](CON)O[C@H]1N1CNC2=C1NC(NN=N)NC2N=O. The summed E-state index contributed by atoms with van der Waals surface area (Å²) in [6.07, 6.45) is -1.55. The number of hydrogen-bond donors (Lipinski definition) is 6. The first-order valence-electron chi connectivity index (χ1n) is 7.91. The van der Waals surface area contributed by atoms with Crippen LogP contribution in [0.3, 0.4) is 0 Å². The monoisotopic (exact) mass is 368 g/mol. The molecule has 3 aliphatic rings.